The Morgan fingerprint density at radius 3 is 2.10 bits per heavy atom. The second-order valence-electron chi connectivity index (χ2n) is 5.45. The smallest absolute Gasteiger partial charge is 0.182 e. The van der Waals surface area contributed by atoms with Crippen molar-refractivity contribution in [3.05, 3.63) is 52.3 Å². The van der Waals surface area contributed by atoms with E-state index in [0.29, 0.717) is 5.56 Å². The molecule has 3 heteroatoms. The van der Waals surface area contributed by atoms with Gasteiger partial charge < -0.3 is 4.57 Å². The number of benzene rings is 1. The van der Waals surface area contributed by atoms with Crippen molar-refractivity contribution in [2.24, 2.45) is 0 Å². The van der Waals surface area contributed by atoms with Gasteiger partial charge in [0.15, 0.2) is 5.78 Å². The molecule has 20 heavy (non-hydrogen) atoms. The summed E-state index contributed by atoms with van der Waals surface area (Å²) in [6.45, 7) is 9.86. The SMILES string of the molecule is Cc1cc(C)cc(-n2c(C)cc(C(=O)C(C)Cl)c2C)c1. The van der Waals surface area contributed by atoms with Crippen LogP contribution in [-0.2, 0) is 0 Å². The highest BCUT2D eigenvalue weighted by Gasteiger charge is 2.20. The van der Waals surface area contributed by atoms with Crippen molar-refractivity contribution in [3.63, 3.8) is 0 Å². The molecule has 0 radical (unpaired) electrons. The fourth-order valence-electron chi connectivity index (χ4n) is 2.70. The minimum atomic E-state index is -0.497. The molecule has 2 nitrogen and oxygen atoms in total. The van der Waals surface area contributed by atoms with Gasteiger partial charge in [0.05, 0.1) is 5.38 Å². The van der Waals surface area contributed by atoms with E-state index in [1.54, 1.807) is 6.92 Å². The lowest BCUT2D eigenvalue weighted by Gasteiger charge is -2.12. The number of Topliss-reactive ketones (excluding diaryl/α,β-unsaturated/α-hetero) is 1. The summed E-state index contributed by atoms with van der Waals surface area (Å²) < 4.78 is 2.12. The van der Waals surface area contributed by atoms with Gasteiger partial charge in [0.2, 0.25) is 0 Å². The standard InChI is InChI=1S/C17H20ClNO/c1-10-6-11(2)8-15(7-10)19-12(3)9-16(14(19)5)17(20)13(4)18/h6-9,13H,1-5H3. The molecule has 2 aromatic rings. The normalized spacial score (nSPS) is 12.5. The third-order valence-electron chi connectivity index (χ3n) is 3.52. The van der Waals surface area contributed by atoms with Gasteiger partial charge in [-0.05, 0) is 63.9 Å². The van der Waals surface area contributed by atoms with Crippen LogP contribution in [0.1, 0.15) is 39.8 Å². The van der Waals surface area contributed by atoms with Gasteiger partial charge in [-0.3, -0.25) is 4.79 Å². The number of hydrogen-bond donors (Lipinski definition) is 0. The Hall–Kier alpha value is -1.54. The summed E-state index contributed by atoms with van der Waals surface area (Å²) in [6, 6.07) is 8.33. The number of nitrogens with zero attached hydrogens (tertiary/aromatic N) is 1. The first-order valence-electron chi connectivity index (χ1n) is 6.77. The molecule has 1 heterocycles. The van der Waals surface area contributed by atoms with Crippen LogP contribution >= 0.6 is 11.6 Å². The summed E-state index contributed by atoms with van der Waals surface area (Å²) >= 11 is 5.93. The van der Waals surface area contributed by atoms with E-state index in [-0.39, 0.29) is 5.78 Å². The summed E-state index contributed by atoms with van der Waals surface area (Å²) in [5, 5.41) is -0.497. The maximum absolute atomic E-state index is 12.2. The number of rotatable bonds is 3. The summed E-state index contributed by atoms with van der Waals surface area (Å²) in [6.07, 6.45) is 0. The monoisotopic (exact) mass is 289 g/mol. The molecule has 0 fully saturated rings. The molecule has 0 N–H and O–H groups in total. The first-order valence-corrected chi connectivity index (χ1v) is 7.21. The van der Waals surface area contributed by atoms with Crippen LogP contribution in [0.4, 0.5) is 0 Å². The molecule has 0 aliphatic rings. The Morgan fingerprint density at radius 1 is 1.05 bits per heavy atom. The molecule has 0 aliphatic heterocycles. The maximum Gasteiger partial charge on any atom is 0.182 e. The minimum absolute atomic E-state index is 0.0182. The second kappa shape index (κ2) is 5.45. The van der Waals surface area contributed by atoms with Crippen LogP contribution in [0.2, 0.25) is 0 Å². The highest BCUT2D eigenvalue weighted by atomic mass is 35.5. The van der Waals surface area contributed by atoms with Gasteiger partial charge in [-0.1, -0.05) is 6.07 Å². The topological polar surface area (TPSA) is 22.0 Å². The number of carbonyl (C=O) groups excluding carboxylic acids is 1. The van der Waals surface area contributed by atoms with E-state index in [0.717, 1.165) is 17.1 Å². The van der Waals surface area contributed by atoms with Crippen LogP contribution in [0.5, 0.6) is 0 Å². The molecule has 0 spiro atoms. The minimum Gasteiger partial charge on any atom is -0.318 e. The lowest BCUT2D eigenvalue weighted by atomic mass is 10.1. The van der Waals surface area contributed by atoms with E-state index >= 15 is 0 Å². The van der Waals surface area contributed by atoms with E-state index in [4.69, 9.17) is 11.6 Å². The highest BCUT2D eigenvalue weighted by molar-refractivity contribution is 6.33. The number of halogens is 1. The third-order valence-corrected chi connectivity index (χ3v) is 3.72. The average Bonchev–Trinajstić information content (AvgIpc) is 2.62. The van der Waals surface area contributed by atoms with Crippen molar-refractivity contribution in [2.45, 2.75) is 40.0 Å². The zero-order valence-corrected chi connectivity index (χ0v) is 13.4. The first-order chi connectivity index (χ1) is 9.31. The summed E-state index contributed by atoms with van der Waals surface area (Å²) in [7, 11) is 0. The average molecular weight is 290 g/mol. The van der Waals surface area contributed by atoms with Crippen molar-refractivity contribution in [1.82, 2.24) is 4.57 Å². The van der Waals surface area contributed by atoms with Crippen LogP contribution < -0.4 is 0 Å². The highest BCUT2D eigenvalue weighted by Crippen LogP contribution is 2.24. The van der Waals surface area contributed by atoms with Gasteiger partial charge in [-0.25, -0.2) is 0 Å². The van der Waals surface area contributed by atoms with Crippen LogP contribution in [0, 0.1) is 27.7 Å². The van der Waals surface area contributed by atoms with E-state index in [1.165, 1.54) is 11.1 Å². The van der Waals surface area contributed by atoms with Gasteiger partial charge in [0.1, 0.15) is 0 Å². The van der Waals surface area contributed by atoms with Gasteiger partial charge >= 0.3 is 0 Å². The Kier molecular flexibility index (Phi) is 4.05. The van der Waals surface area contributed by atoms with Gasteiger partial charge in [-0.2, -0.15) is 0 Å². The molecule has 0 saturated carbocycles. The Labute approximate surface area is 125 Å². The Balaban J connectivity index is 2.61. The molecule has 106 valence electrons. The number of carbonyl (C=O) groups is 1. The number of ketones is 1. The molecular formula is C17H20ClNO. The lowest BCUT2D eigenvalue weighted by Crippen LogP contribution is -2.11. The molecule has 1 unspecified atom stereocenters. The summed E-state index contributed by atoms with van der Waals surface area (Å²) in [5.74, 6) is -0.0182. The van der Waals surface area contributed by atoms with E-state index in [1.807, 2.05) is 19.9 Å². The summed E-state index contributed by atoms with van der Waals surface area (Å²) in [5.41, 5.74) is 6.23. The lowest BCUT2D eigenvalue weighted by molar-refractivity contribution is 0.0991. The van der Waals surface area contributed by atoms with Crippen molar-refractivity contribution < 1.29 is 4.79 Å². The van der Waals surface area contributed by atoms with E-state index in [2.05, 4.69) is 36.6 Å². The first kappa shape index (κ1) is 14.9. The fraction of sp³-hybridized carbons (Fsp3) is 0.353. The largest absolute Gasteiger partial charge is 0.318 e. The number of aryl methyl sites for hydroxylation is 3. The second-order valence-corrected chi connectivity index (χ2v) is 6.10. The quantitative estimate of drug-likeness (QED) is 0.601. The number of aromatic nitrogens is 1. The van der Waals surface area contributed by atoms with Crippen molar-refractivity contribution in [1.29, 1.82) is 0 Å². The number of hydrogen-bond acceptors (Lipinski definition) is 1. The fourth-order valence-corrected chi connectivity index (χ4v) is 2.82. The molecule has 2 rings (SSSR count). The van der Waals surface area contributed by atoms with E-state index in [9.17, 15) is 4.79 Å². The van der Waals surface area contributed by atoms with E-state index < -0.39 is 5.38 Å². The number of alkyl halides is 1. The molecule has 1 aromatic carbocycles. The predicted octanol–water partition coefficient (Wildman–Crippen LogP) is 4.52. The van der Waals surface area contributed by atoms with Crippen molar-refractivity contribution >= 4 is 17.4 Å². The Bertz CT molecular complexity index is 648. The molecule has 1 atom stereocenters. The van der Waals surface area contributed by atoms with Crippen LogP contribution in [0.15, 0.2) is 24.3 Å². The molecule has 0 saturated heterocycles. The molecule has 0 bridgehead atoms. The maximum atomic E-state index is 12.2. The Morgan fingerprint density at radius 2 is 1.60 bits per heavy atom. The molecule has 0 aliphatic carbocycles. The van der Waals surface area contributed by atoms with Crippen LogP contribution in [-0.4, -0.2) is 15.7 Å². The predicted molar refractivity (Wildman–Crippen MR) is 84.4 cm³/mol. The van der Waals surface area contributed by atoms with Crippen LogP contribution in [0.25, 0.3) is 5.69 Å². The van der Waals surface area contributed by atoms with Crippen molar-refractivity contribution in [2.75, 3.05) is 0 Å². The molecular weight excluding hydrogens is 270 g/mol. The zero-order chi connectivity index (χ0) is 15.0. The van der Waals surface area contributed by atoms with Gasteiger partial charge in [-0.15, -0.1) is 11.6 Å². The zero-order valence-electron chi connectivity index (χ0n) is 12.6. The van der Waals surface area contributed by atoms with Gasteiger partial charge in [0.25, 0.3) is 0 Å². The third kappa shape index (κ3) is 2.66. The molecule has 1 aromatic heterocycles. The van der Waals surface area contributed by atoms with Crippen LogP contribution in [0.3, 0.4) is 0 Å². The molecule has 0 amide bonds. The summed E-state index contributed by atoms with van der Waals surface area (Å²) in [4.78, 5) is 12.2. The van der Waals surface area contributed by atoms with Gasteiger partial charge in [0, 0.05) is 22.6 Å². The van der Waals surface area contributed by atoms with Crippen molar-refractivity contribution in [3.8, 4) is 5.69 Å².